The number of pyridine rings is 2. The maximum absolute atomic E-state index is 13.3. The average molecular weight is 408 g/mol. The highest BCUT2D eigenvalue weighted by Crippen LogP contribution is 2.36. The average Bonchev–Trinajstić information content (AvgIpc) is 2.73. The molecule has 0 spiro atoms. The van der Waals surface area contributed by atoms with Crippen LogP contribution in [-0.4, -0.2) is 38.7 Å². The van der Waals surface area contributed by atoms with E-state index in [4.69, 9.17) is 0 Å². The molecule has 2 aromatic heterocycles. The summed E-state index contributed by atoms with van der Waals surface area (Å²) < 4.78 is 1.55. The predicted molar refractivity (Wildman–Crippen MR) is 108 cm³/mol. The largest absolute Gasteiger partial charge is 0.595 e. The summed E-state index contributed by atoms with van der Waals surface area (Å²) in [5, 5.41) is 20.0. The minimum Gasteiger partial charge on any atom is -0.595 e. The van der Waals surface area contributed by atoms with Crippen LogP contribution in [0.5, 0.6) is 0 Å². The molecule has 1 amide bonds. The molecule has 4 heterocycles. The molecule has 1 saturated heterocycles. The zero-order chi connectivity index (χ0) is 21.0. The van der Waals surface area contributed by atoms with Crippen LogP contribution in [-0.2, 0) is 6.54 Å². The Balaban J connectivity index is 1.51. The number of aromatic nitrogens is 2. The highest BCUT2D eigenvalue weighted by Gasteiger charge is 2.37. The van der Waals surface area contributed by atoms with E-state index in [1.165, 1.54) is 12.1 Å². The third kappa shape index (κ3) is 2.95. The fourth-order valence-corrected chi connectivity index (χ4v) is 4.83. The van der Waals surface area contributed by atoms with E-state index in [9.17, 15) is 24.8 Å². The van der Waals surface area contributed by atoms with E-state index in [0.29, 0.717) is 36.1 Å². The zero-order valence-electron chi connectivity index (χ0n) is 16.0. The zero-order valence-corrected chi connectivity index (χ0v) is 16.0. The number of piperidine rings is 1. The molecule has 2 aliphatic rings. The molecule has 0 aliphatic carbocycles. The van der Waals surface area contributed by atoms with Gasteiger partial charge >= 0.3 is 5.56 Å². The highest BCUT2D eigenvalue weighted by molar-refractivity contribution is 6.06. The molecular weight excluding hydrogens is 388 g/mol. The number of benzene rings is 1. The first-order valence-electron chi connectivity index (χ1n) is 9.80. The number of rotatable bonds is 2. The van der Waals surface area contributed by atoms with Crippen LogP contribution in [0, 0.1) is 11.1 Å². The minimum absolute atomic E-state index is 0.0507. The lowest BCUT2D eigenvalue weighted by Crippen LogP contribution is -3.00. The molecule has 2 bridgehead atoms. The molecular formula is C21H20N4O5. The van der Waals surface area contributed by atoms with E-state index in [-0.39, 0.29) is 29.0 Å². The number of likely N-dealkylation sites (tertiary alicyclic amines) is 1. The van der Waals surface area contributed by atoms with Gasteiger partial charge in [0.25, 0.3) is 5.91 Å². The number of para-hydroxylation sites is 1. The van der Waals surface area contributed by atoms with Gasteiger partial charge in [-0.05, 0) is 24.5 Å². The quantitative estimate of drug-likeness (QED) is 0.528. The van der Waals surface area contributed by atoms with E-state index >= 15 is 0 Å². The van der Waals surface area contributed by atoms with Crippen molar-refractivity contribution in [1.82, 2.24) is 14.5 Å². The molecule has 3 unspecified atom stereocenters. The van der Waals surface area contributed by atoms with Crippen molar-refractivity contribution >= 4 is 22.5 Å². The molecule has 3 atom stereocenters. The normalized spacial score (nSPS) is 21.3. The maximum atomic E-state index is 13.3. The lowest BCUT2D eigenvalue weighted by Gasteiger charge is -2.43. The number of nitrogens with zero attached hydrogens (tertiary/aromatic N) is 2. The lowest BCUT2D eigenvalue weighted by atomic mass is 9.83. The highest BCUT2D eigenvalue weighted by atomic mass is 16.8. The van der Waals surface area contributed by atoms with E-state index in [1.807, 2.05) is 12.1 Å². The van der Waals surface area contributed by atoms with E-state index in [2.05, 4.69) is 4.98 Å². The van der Waals surface area contributed by atoms with Crippen molar-refractivity contribution in [3.05, 3.63) is 79.6 Å². The number of quaternary nitrogens is 1. The van der Waals surface area contributed by atoms with Gasteiger partial charge in [0, 0.05) is 54.3 Å². The number of hydrogen-bond donors (Lipinski definition) is 3. The second-order valence-corrected chi connectivity index (χ2v) is 7.99. The first kappa shape index (κ1) is 18.7. The maximum Gasteiger partial charge on any atom is 0.315 e. The molecule has 5 rings (SSSR count). The number of nitrogens with one attached hydrogen (secondary N) is 2. The van der Waals surface area contributed by atoms with Crippen molar-refractivity contribution < 1.29 is 15.2 Å². The fourth-order valence-electron chi connectivity index (χ4n) is 4.83. The molecule has 1 aromatic carbocycles. The minimum atomic E-state index is -1.23. The van der Waals surface area contributed by atoms with Crippen LogP contribution in [0.15, 0.2) is 52.1 Å². The summed E-state index contributed by atoms with van der Waals surface area (Å²) in [4.78, 5) is 42.5. The Labute approximate surface area is 170 Å². The third-order valence-electron chi connectivity index (χ3n) is 6.10. The van der Waals surface area contributed by atoms with Crippen molar-refractivity contribution in [1.29, 1.82) is 0 Å². The van der Waals surface area contributed by atoms with Gasteiger partial charge in [0.05, 0.1) is 5.56 Å². The van der Waals surface area contributed by atoms with Gasteiger partial charge in [-0.25, -0.2) is 5.21 Å². The molecule has 0 radical (unpaired) electrons. The SMILES string of the molecule is O=C(c1cc(=O)[nH]c2ccccc12)N1CC2CC(C1)c1ccc([NH+]([O-])O)c(=O)n1C2. The van der Waals surface area contributed by atoms with E-state index in [1.54, 1.807) is 27.7 Å². The molecule has 1 fully saturated rings. The standard InChI is InChI=1S/C21H20N4O5/c26-19-8-15(14-3-1-2-4-16(14)22-19)20(27)23-9-12-7-13(11-23)17-5-6-18(25(29)30)21(28)24(17)10-12/h1-6,8,12-13,25,29H,7,9-11H2,(H,22,26). The van der Waals surface area contributed by atoms with Crippen LogP contribution in [0.2, 0.25) is 0 Å². The van der Waals surface area contributed by atoms with Crippen LogP contribution in [0.25, 0.3) is 10.9 Å². The number of carbonyl (C=O) groups excluding carboxylic acids is 1. The van der Waals surface area contributed by atoms with Gasteiger partial charge in [-0.3, -0.25) is 14.4 Å². The van der Waals surface area contributed by atoms with Gasteiger partial charge in [0.1, 0.15) is 0 Å². The Morgan fingerprint density at radius 3 is 2.73 bits per heavy atom. The topological polar surface area (TPSA) is 123 Å². The summed E-state index contributed by atoms with van der Waals surface area (Å²) in [6.45, 7) is 1.26. The second kappa shape index (κ2) is 6.91. The predicted octanol–water partition coefficient (Wildman–Crippen LogP) is 0.353. The first-order chi connectivity index (χ1) is 14.4. The monoisotopic (exact) mass is 408 g/mol. The van der Waals surface area contributed by atoms with Crippen molar-refractivity contribution in [3.8, 4) is 0 Å². The lowest BCUT2D eigenvalue weighted by molar-refractivity contribution is -0.992. The van der Waals surface area contributed by atoms with E-state index < -0.39 is 10.8 Å². The van der Waals surface area contributed by atoms with Crippen molar-refractivity contribution in [2.75, 3.05) is 13.1 Å². The van der Waals surface area contributed by atoms with Crippen LogP contribution in [0.3, 0.4) is 0 Å². The number of fused-ring (bicyclic) bond motifs is 5. The number of carbonyl (C=O) groups is 1. The number of H-pyrrole nitrogens is 1. The van der Waals surface area contributed by atoms with Crippen LogP contribution >= 0.6 is 0 Å². The Hall–Kier alpha value is -3.27. The summed E-state index contributed by atoms with van der Waals surface area (Å²) in [6, 6.07) is 11.6. The van der Waals surface area contributed by atoms with Crippen LogP contribution in [0.4, 0.5) is 5.69 Å². The summed E-state index contributed by atoms with van der Waals surface area (Å²) in [7, 11) is 0. The second-order valence-electron chi connectivity index (χ2n) is 7.99. The Morgan fingerprint density at radius 2 is 1.93 bits per heavy atom. The van der Waals surface area contributed by atoms with Gasteiger partial charge in [0.2, 0.25) is 11.2 Å². The van der Waals surface area contributed by atoms with Gasteiger partial charge in [-0.1, -0.05) is 18.2 Å². The van der Waals surface area contributed by atoms with Crippen molar-refractivity contribution in [2.24, 2.45) is 5.92 Å². The van der Waals surface area contributed by atoms with Crippen molar-refractivity contribution in [3.63, 3.8) is 0 Å². The Morgan fingerprint density at radius 1 is 1.13 bits per heavy atom. The summed E-state index contributed by atoms with van der Waals surface area (Å²) in [5.41, 5.74) is 0.690. The Bertz CT molecular complexity index is 1280. The molecule has 154 valence electrons. The number of amides is 1. The molecule has 9 nitrogen and oxygen atoms in total. The molecule has 30 heavy (non-hydrogen) atoms. The Kier molecular flexibility index (Phi) is 4.31. The summed E-state index contributed by atoms with van der Waals surface area (Å²) >= 11 is 0. The molecule has 2 aliphatic heterocycles. The van der Waals surface area contributed by atoms with E-state index in [0.717, 1.165) is 12.1 Å². The summed E-state index contributed by atoms with van der Waals surface area (Å²) in [5.74, 6) is -0.203. The van der Waals surface area contributed by atoms with Crippen LogP contribution < -0.4 is 16.3 Å². The molecule has 9 heteroatoms. The van der Waals surface area contributed by atoms with Gasteiger partial charge < -0.3 is 19.7 Å². The first-order valence-corrected chi connectivity index (χ1v) is 9.80. The fraction of sp³-hybridized carbons (Fsp3) is 0.286. The summed E-state index contributed by atoms with van der Waals surface area (Å²) in [6.07, 6.45) is 0.839. The molecule has 0 saturated carbocycles. The number of aromatic amines is 1. The molecule has 3 N–H and O–H groups in total. The van der Waals surface area contributed by atoms with Gasteiger partial charge in [-0.2, -0.15) is 5.23 Å². The van der Waals surface area contributed by atoms with Crippen molar-refractivity contribution in [2.45, 2.75) is 18.9 Å². The molecule has 3 aromatic rings. The smallest absolute Gasteiger partial charge is 0.315 e. The number of hydrogen-bond acceptors (Lipinski definition) is 5. The van der Waals surface area contributed by atoms with Gasteiger partial charge in [-0.15, -0.1) is 0 Å². The van der Waals surface area contributed by atoms with Gasteiger partial charge in [0.15, 0.2) is 0 Å². The third-order valence-corrected chi connectivity index (χ3v) is 6.10. The van der Waals surface area contributed by atoms with Crippen LogP contribution in [0.1, 0.15) is 28.4 Å².